The van der Waals surface area contributed by atoms with E-state index in [-0.39, 0.29) is 17.5 Å². The Bertz CT molecular complexity index is 638. The van der Waals surface area contributed by atoms with Crippen LogP contribution in [-0.2, 0) is 21.9 Å². The van der Waals surface area contributed by atoms with E-state index in [1.807, 2.05) is 6.92 Å². The van der Waals surface area contributed by atoms with Gasteiger partial charge in [0.25, 0.3) is 10.0 Å². The Balaban J connectivity index is 2.27. The largest absolute Gasteiger partial charge is 0.348 e. The molecule has 21 heavy (non-hydrogen) atoms. The van der Waals surface area contributed by atoms with Crippen LogP contribution in [0.3, 0.4) is 0 Å². The van der Waals surface area contributed by atoms with Crippen LogP contribution >= 0.6 is 0 Å². The van der Waals surface area contributed by atoms with Crippen molar-refractivity contribution in [1.29, 1.82) is 0 Å². The molecule has 1 saturated heterocycles. The molecule has 8 heteroatoms. The fourth-order valence-corrected chi connectivity index (χ4v) is 4.34. The van der Waals surface area contributed by atoms with Gasteiger partial charge in [-0.15, -0.1) is 0 Å². The first-order valence-corrected chi connectivity index (χ1v) is 8.31. The summed E-state index contributed by atoms with van der Waals surface area (Å²) in [4.78, 5) is 17.8. The number of nitrogens with zero attached hydrogens (tertiary/aromatic N) is 4. The van der Waals surface area contributed by atoms with Gasteiger partial charge in [0.15, 0.2) is 5.03 Å². The second kappa shape index (κ2) is 5.42. The van der Waals surface area contributed by atoms with Gasteiger partial charge in [0, 0.05) is 40.4 Å². The Kier molecular flexibility index (Phi) is 4.12. The van der Waals surface area contributed by atoms with Crippen LogP contribution in [0.5, 0.6) is 0 Å². The summed E-state index contributed by atoms with van der Waals surface area (Å²) < 4.78 is 28.2. The molecule has 0 N–H and O–H groups in total. The zero-order valence-corrected chi connectivity index (χ0v) is 13.7. The Morgan fingerprint density at radius 3 is 2.62 bits per heavy atom. The van der Waals surface area contributed by atoms with Crippen LogP contribution in [0, 0.1) is 5.41 Å². The molecule has 0 saturated carbocycles. The van der Waals surface area contributed by atoms with Crippen molar-refractivity contribution in [3.63, 3.8) is 0 Å². The lowest BCUT2D eigenvalue weighted by Crippen LogP contribution is -2.51. The van der Waals surface area contributed by atoms with Crippen LogP contribution in [0.15, 0.2) is 17.6 Å². The summed E-state index contributed by atoms with van der Waals surface area (Å²) in [6, 6.07) is 0. The van der Waals surface area contributed by atoms with E-state index in [0.717, 1.165) is 0 Å². The number of rotatable bonds is 3. The molecule has 0 aromatic carbocycles. The molecule has 2 rings (SSSR count). The molecule has 2 heterocycles. The van der Waals surface area contributed by atoms with E-state index in [2.05, 4.69) is 4.98 Å². The van der Waals surface area contributed by atoms with E-state index >= 15 is 0 Å². The number of carbonyl (C=O) groups is 1. The van der Waals surface area contributed by atoms with Crippen LogP contribution in [0.4, 0.5) is 0 Å². The molecule has 1 aromatic heterocycles. The standard InChI is InChI=1S/C13H22N4O3S/c1-13(12(18)15(2)3)6-5-7-17(9-13)21(19,20)11-8-16(4)10-14-11/h8,10H,5-7,9H2,1-4H3/t13-/m0/s1. The van der Waals surface area contributed by atoms with Gasteiger partial charge >= 0.3 is 0 Å². The number of hydrogen-bond acceptors (Lipinski definition) is 4. The molecule has 0 unspecified atom stereocenters. The number of sulfonamides is 1. The van der Waals surface area contributed by atoms with Gasteiger partial charge < -0.3 is 9.47 Å². The van der Waals surface area contributed by atoms with Crippen LogP contribution in [0.1, 0.15) is 19.8 Å². The summed E-state index contributed by atoms with van der Waals surface area (Å²) in [7, 11) is 1.47. The number of imidazole rings is 1. The van der Waals surface area contributed by atoms with Crippen molar-refractivity contribution in [3.05, 3.63) is 12.5 Å². The molecule has 0 bridgehead atoms. The maximum Gasteiger partial charge on any atom is 0.262 e. The monoisotopic (exact) mass is 314 g/mol. The predicted octanol–water partition coefficient (Wildman–Crippen LogP) is 0.299. The molecule has 1 atom stereocenters. The predicted molar refractivity (Wildman–Crippen MR) is 78.0 cm³/mol. The fourth-order valence-electron chi connectivity index (χ4n) is 2.77. The highest BCUT2D eigenvalue weighted by atomic mass is 32.2. The second-order valence-corrected chi connectivity index (χ2v) is 7.96. The number of aromatic nitrogens is 2. The lowest BCUT2D eigenvalue weighted by atomic mass is 9.81. The van der Waals surface area contributed by atoms with Crippen molar-refractivity contribution in [1.82, 2.24) is 18.8 Å². The summed E-state index contributed by atoms with van der Waals surface area (Å²) in [6.07, 6.45) is 4.30. The molecule has 1 aliphatic heterocycles. The van der Waals surface area contributed by atoms with Gasteiger partial charge in [-0.1, -0.05) is 0 Å². The molecular formula is C13H22N4O3S. The SMILES string of the molecule is CN(C)C(=O)[C@@]1(C)CCCN(S(=O)(=O)c2cn(C)cn2)C1. The molecular weight excluding hydrogens is 292 g/mol. The van der Waals surface area contributed by atoms with Crippen molar-refractivity contribution in [2.75, 3.05) is 27.2 Å². The van der Waals surface area contributed by atoms with Crippen LogP contribution < -0.4 is 0 Å². The lowest BCUT2D eigenvalue weighted by Gasteiger charge is -2.39. The molecule has 0 spiro atoms. The maximum absolute atomic E-state index is 12.6. The van der Waals surface area contributed by atoms with Crippen molar-refractivity contribution in [3.8, 4) is 0 Å². The van der Waals surface area contributed by atoms with Crippen molar-refractivity contribution in [2.45, 2.75) is 24.8 Å². The van der Waals surface area contributed by atoms with E-state index in [4.69, 9.17) is 0 Å². The van der Waals surface area contributed by atoms with Crippen LogP contribution in [-0.4, -0.2) is 60.3 Å². The molecule has 1 fully saturated rings. The summed E-state index contributed by atoms with van der Waals surface area (Å²) in [5.74, 6) is -0.0385. The summed E-state index contributed by atoms with van der Waals surface area (Å²) in [5.41, 5.74) is -0.677. The Morgan fingerprint density at radius 1 is 1.43 bits per heavy atom. The topological polar surface area (TPSA) is 75.5 Å². The van der Waals surface area contributed by atoms with Gasteiger partial charge in [-0.3, -0.25) is 4.79 Å². The number of carbonyl (C=O) groups excluding carboxylic acids is 1. The molecule has 0 radical (unpaired) electrons. The van der Waals surface area contributed by atoms with Crippen molar-refractivity contribution >= 4 is 15.9 Å². The summed E-state index contributed by atoms with van der Waals surface area (Å²) >= 11 is 0. The summed E-state index contributed by atoms with van der Waals surface area (Å²) in [6.45, 7) is 2.45. The fraction of sp³-hybridized carbons (Fsp3) is 0.692. The first-order chi connectivity index (χ1) is 9.67. The van der Waals surface area contributed by atoms with E-state index in [0.29, 0.717) is 19.4 Å². The minimum atomic E-state index is -3.64. The third kappa shape index (κ3) is 2.96. The number of hydrogen-bond donors (Lipinski definition) is 0. The molecule has 7 nitrogen and oxygen atoms in total. The smallest absolute Gasteiger partial charge is 0.262 e. The Hall–Kier alpha value is -1.41. The average Bonchev–Trinajstić information content (AvgIpc) is 2.85. The van der Waals surface area contributed by atoms with Crippen molar-refractivity contribution in [2.24, 2.45) is 12.5 Å². The molecule has 118 valence electrons. The molecule has 0 aliphatic carbocycles. The number of amides is 1. The summed E-state index contributed by atoms with van der Waals surface area (Å²) in [5, 5.41) is 0.0338. The zero-order valence-electron chi connectivity index (χ0n) is 12.9. The van der Waals surface area contributed by atoms with E-state index in [1.54, 1.807) is 25.7 Å². The zero-order chi connectivity index (χ0) is 15.8. The minimum absolute atomic E-state index is 0.0338. The first kappa shape index (κ1) is 16.0. The van der Waals surface area contributed by atoms with E-state index in [9.17, 15) is 13.2 Å². The lowest BCUT2D eigenvalue weighted by molar-refractivity contribution is -0.140. The Morgan fingerprint density at radius 2 is 2.10 bits per heavy atom. The van der Waals surface area contributed by atoms with E-state index < -0.39 is 15.4 Å². The average molecular weight is 314 g/mol. The van der Waals surface area contributed by atoms with Gasteiger partial charge in [-0.25, -0.2) is 13.4 Å². The minimum Gasteiger partial charge on any atom is -0.348 e. The third-order valence-electron chi connectivity index (χ3n) is 3.87. The van der Waals surface area contributed by atoms with Crippen LogP contribution in [0.25, 0.3) is 0 Å². The van der Waals surface area contributed by atoms with Gasteiger partial charge in [0.05, 0.1) is 11.7 Å². The number of aryl methyl sites for hydroxylation is 1. The molecule has 1 aromatic rings. The van der Waals surface area contributed by atoms with Crippen LogP contribution in [0.2, 0.25) is 0 Å². The van der Waals surface area contributed by atoms with Crippen molar-refractivity contribution < 1.29 is 13.2 Å². The normalized spacial score (nSPS) is 24.0. The highest BCUT2D eigenvalue weighted by molar-refractivity contribution is 7.89. The third-order valence-corrected chi connectivity index (χ3v) is 5.60. The van der Waals surface area contributed by atoms with Gasteiger partial charge in [0.1, 0.15) is 0 Å². The highest BCUT2D eigenvalue weighted by Crippen LogP contribution is 2.33. The van der Waals surface area contributed by atoms with Gasteiger partial charge in [0.2, 0.25) is 5.91 Å². The highest BCUT2D eigenvalue weighted by Gasteiger charge is 2.43. The van der Waals surface area contributed by atoms with Gasteiger partial charge in [-0.05, 0) is 19.8 Å². The second-order valence-electron chi connectivity index (χ2n) is 6.08. The number of piperidine rings is 1. The quantitative estimate of drug-likeness (QED) is 0.804. The Labute approximate surface area is 125 Å². The van der Waals surface area contributed by atoms with E-state index in [1.165, 1.54) is 21.7 Å². The first-order valence-electron chi connectivity index (χ1n) is 6.87. The molecule has 1 aliphatic rings. The van der Waals surface area contributed by atoms with Gasteiger partial charge in [-0.2, -0.15) is 4.31 Å². The molecule has 1 amide bonds. The maximum atomic E-state index is 12.6.